The number of hydrogen-bond acceptors (Lipinski definition) is 4. The molecule has 0 saturated carbocycles. The SMILES string of the molecule is Cc1nc2ccc(C(=O)OCCO)cc2[nH]1. The van der Waals surface area contributed by atoms with Gasteiger partial charge < -0.3 is 14.8 Å². The summed E-state index contributed by atoms with van der Waals surface area (Å²) in [6, 6.07) is 5.10. The van der Waals surface area contributed by atoms with E-state index in [9.17, 15) is 4.79 Å². The van der Waals surface area contributed by atoms with Crippen molar-refractivity contribution in [2.75, 3.05) is 13.2 Å². The normalized spacial score (nSPS) is 10.6. The molecule has 0 bridgehead atoms. The van der Waals surface area contributed by atoms with E-state index in [1.165, 1.54) is 0 Å². The van der Waals surface area contributed by atoms with E-state index in [-0.39, 0.29) is 13.2 Å². The van der Waals surface area contributed by atoms with E-state index in [0.717, 1.165) is 16.9 Å². The van der Waals surface area contributed by atoms with Crippen LogP contribution in [0, 0.1) is 6.92 Å². The Balaban J connectivity index is 2.28. The predicted octanol–water partition coefficient (Wildman–Crippen LogP) is 1.02. The summed E-state index contributed by atoms with van der Waals surface area (Å²) in [5, 5.41) is 8.54. The molecule has 5 heteroatoms. The first kappa shape index (κ1) is 10.6. The molecule has 1 aromatic heterocycles. The van der Waals surface area contributed by atoms with E-state index in [0.29, 0.717) is 5.56 Å². The van der Waals surface area contributed by atoms with Crippen LogP contribution in [0.2, 0.25) is 0 Å². The summed E-state index contributed by atoms with van der Waals surface area (Å²) in [4.78, 5) is 18.8. The van der Waals surface area contributed by atoms with Gasteiger partial charge in [0.15, 0.2) is 0 Å². The number of benzene rings is 1. The fraction of sp³-hybridized carbons (Fsp3) is 0.273. The van der Waals surface area contributed by atoms with Gasteiger partial charge in [-0.25, -0.2) is 9.78 Å². The van der Waals surface area contributed by atoms with Crippen LogP contribution in [0.1, 0.15) is 16.2 Å². The summed E-state index contributed by atoms with van der Waals surface area (Å²) in [5.74, 6) is 0.360. The highest BCUT2D eigenvalue weighted by Gasteiger charge is 2.08. The van der Waals surface area contributed by atoms with Gasteiger partial charge in [0.05, 0.1) is 23.2 Å². The number of nitrogens with one attached hydrogen (secondary N) is 1. The molecular weight excluding hydrogens is 208 g/mol. The molecular formula is C11H12N2O3. The lowest BCUT2D eigenvalue weighted by Gasteiger charge is -2.02. The monoisotopic (exact) mass is 220 g/mol. The first-order valence-corrected chi connectivity index (χ1v) is 4.95. The number of carbonyl (C=O) groups excluding carboxylic acids is 1. The lowest BCUT2D eigenvalue weighted by Crippen LogP contribution is -2.08. The van der Waals surface area contributed by atoms with Crippen LogP contribution in [0.15, 0.2) is 18.2 Å². The van der Waals surface area contributed by atoms with Crippen molar-refractivity contribution in [3.05, 3.63) is 29.6 Å². The Bertz CT molecular complexity index is 519. The smallest absolute Gasteiger partial charge is 0.338 e. The molecule has 2 rings (SSSR count). The summed E-state index contributed by atoms with van der Waals surface area (Å²) < 4.78 is 4.81. The lowest BCUT2D eigenvalue weighted by atomic mass is 10.2. The number of aromatic nitrogens is 2. The summed E-state index contributed by atoms with van der Waals surface area (Å²) in [6.07, 6.45) is 0. The lowest BCUT2D eigenvalue weighted by molar-refractivity contribution is 0.0434. The van der Waals surface area contributed by atoms with Crippen LogP contribution < -0.4 is 0 Å². The second-order valence-electron chi connectivity index (χ2n) is 3.41. The number of rotatable bonds is 3. The highest BCUT2D eigenvalue weighted by atomic mass is 16.5. The molecule has 1 heterocycles. The van der Waals surface area contributed by atoms with Crippen molar-refractivity contribution < 1.29 is 14.6 Å². The van der Waals surface area contributed by atoms with E-state index in [1.54, 1.807) is 18.2 Å². The van der Waals surface area contributed by atoms with Crippen LogP contribution in [0.25, 0.3) is 11.0 Å². The maximum absolute atomic E-state index is 11.5. The summed E-state index contributed by atoms with van der Waals surface area (Å²) in [6.45, 7) is 1.69. The van der Waals surface area contributed by atoms with Gasteiger partial charge in [0, 0.05) is 0 Å². The minimum atomic E-state index is -0.441. The molecule has 0 aliphatic heterocycles. The highest BCUT2D eigenvalue weighted by molar-refractivity contribution is 5.93. The Labute approximate surface area is 92.1 Å². The molecule has 5 nitrogen and oxygen atoms in total. The van der Waals surface area contributed by atoms with Gasteiger partial charge in [0.1, 0.15) is 12.4 Å². The fourth-order valence-electron chi connectivity index (χ4n) is 1.49. The first-order chi connectivity index (χ1) is 7.70. The van der Waals surface area contributed by atoms with E-state index >= 15 is 0 Å². The predicted molar refractivity (Wildman–Crippen MR) is 58.2 cm³/mol. The molecule has 16 heavy (non-hydrogen) atoms. The maximum atomic E-state index is 11.5. The number of fused-ring (bicyclic) bond motifs is 1. The van der Waals surface area contributed by atoms with Crippen LogP contribution in [-0.4, -0.2) is 34.3 Å². The summed E-state index contributed by atoms with van der Waals surface area (Å²) >= 11 is 0. The minimum absolute atomic E-state index is 0.0128. The summed E-state index contributed by atoms with van der Waals surface area (Å²) in [5.41, 5.74) is 2.07. The third-order valence-electron chi connectivity index (χ3n) is 2.16. The zero-order valence-corrected chi connectivity index (χ0v) is 8.86. The van der Waals surface area contributed by atoms with Gasteiger partial charge >= 0.3 is 5.97 Å². The number of H-pyrrole nitrogens is 1. The van der Waals surface area contributed by atoms with Crippen molar-refractivity contribution in [2.24, 2.45) is 0 Å². The largest absolute Gasteiger partial charge is 0.460 e. The number of carbonyl (C=O) groups is 1. The van der Waals surface area contributed by atoms with Crippen molar-refractivity contribution in [1.82, 2.24) is 9.97 Å². The second kappa shape index (κ2) is 4.32. The molecule has 0 unspecified atom stereocenters. The molecule has 84 valence electrons. The minimum Gasteiger partial charge on any atom is -0.460 e. The molecule has 0 aliphatic rings. The van der Waals surface area contributed by atoms with Gasteiger partial charge in [-0.2, -0.15) is 0 Å². The topological polar surface area (TPSA) is 75.2 Å². The molecule has 0 saturated heterocycles. The Morgan fingerprint density at radius 2 is 2.38 bits per heavy atom. The third-order valence-corrected chi connectivity index (χ3v) is 2.16. The number of imidazole rings is 1. The van der Waals surface area contributed by atoms with Gasteiger partial charge in [0.25, 0.3) is 0 Å². The van der Waals surface area contributed by atoms with Crippen LogP contribution in [-0.2, 0) is 4.74 Å². The molecule has 0 atom stereocenters. The van der Waals surface area contributed by atoms with Gasteiger partial charge in [-0.05, 0) is 25.1 Å². The average molecular weight is 220 g/mol. The Kier molecular flexibility index (Phi) is 2.87. The molecule has 0 fully saturated rings. The number of aryl methyl sites for hydroxylation is 1. The maximum Gasteiger partial charge on any atom is 0.338 e. The van der Waals surface area contributed by atoms with E-state index in [2.05, 4.69) is 9.97 Å². The standard InChI is InChI=1S/C11H12N2O3/c1-7-12-9-3-2-8(6-10(9)13-7)11(15)16-5-4-14/h2-3,6,14H,4-5H2,1H3,(H,12,13). The number of aromatic amines is 1. The van der Waals surface area contributed by atoms with E-state index < -0.39 is 5.97 Å². The number of aliphatic hydroxyl groups is 1. The molecule has 0 aliphatic carbocycles. The molecule has 0 spiro atoms. The molecule has 0 amide bonds. The number of esters is 1. The fourth-order valence-corrected chi connectivity index (χ4v) is 1.49. The first-order valence-electron chi connectivity index (χ1n) is 4.95. The number of hydrogen-bond donors (Lipinski definition) is 2. The van der Waals surface area contributed by atoms with Crippen molar-refractivity contribution in [2.45, 2.75) is 6.92 Å². The third kappa shape index (κ3) is 2.04. The zero-order chi connectivity index (χ0) is 11.5. The van der Waals surface area contributed by atoms with E-state index in [4.69, 9.17) is 9.84 Å². The second-order valence-corrected chi connectivity index (χ2v) is 3.41. The molecule has 1 aromatic carbocycles. The number of ether oxygens (including phenoxy) is 1. The molecule has 0 radical (unpaired) electrons. The highest BCUT2D eigenvalue weighted by Crippen LogP contribution is 2.14. The van der Waals surface area contributed by atoms with Gasteiger partial charge in [0.2, 0.25) is 0 Å². The number of aliphatic hydroxyl groups excluding tert-OH is 1. The van der Waals surface area contributed by atoms with Crippen molar-refractivity contribution in [3.63, 3.8) is 0 Å². The Hall–Kier alpha value is -1.88. The van der Waals surface area contributed by atoms with Crippen molar-refractivity contribution in [3.8, 4) is 0 Å². The Morgan fingerprint density at radius 1 is 1.56 bits per heavy atom. The van der Waals surface area contributed by atoms with Crippen LogP contribution in [0.4, 0.5) is 0 Å². The van der Waals surface area contributed by atoms with Gasteiger partial charge in [-0.1, -0.05) is 0 Å². The molecule has 2 aromatic rings. The van der Waals surface area contributed by atoms with Gasteiger partial charge in [-0.3, -0.25) is 0 Å². The zero-order valence-electron chi connectivity index (χ0n) is 8.86. The van der Waals surface area contributed by atoms with Crippen LogP contribution >= 0.6 is 0 Å². The van der Waals surface area contributed by atoms with Crippen molar-refractivity contribution in [1.29, 1.82) is 0 Å². The Morgan fingerprint density at radius 3 is 3.12 bits per heavy atom. The molecule has 2 N–H and O–H groups in total. The van der Waals surface area contributed by atoms with Crippen LogP contribution in [0.3, 0.4) is 0 Å². The van der Waals surface area contributed by atoms with Crippen LogP contribution in [0.5, 0.6) is 0 Å². The quantitative estimate of drug-likeness (QED) is 0.757. The van der Waals surface area contributed by atoms with Crippen molar-refractivity contribution >= 4 is 17.0 Å². The average Bonchev–Trinajstić information content (AvgIpc) is 2.64. The van der Waals surface area contributed by atoms with E-state index in [1.807, 2.05) is 6.92 Å². The summed E-state index contributed by atoms with van der Waals surface area (Å²) in [7, 11) is 0. The number of nitrogens with zero attached hydrogens (tertiary/aromatic N) is 1. The van der Waals surface area contributed by atoms with Gasteiger partial charge in [-0.15, -0.1) is 0 Å².